The smallest absolute Gasteiger partial charge is 0.217 e. The largest absolute Gasteiger partial charge is 0.351 e. The number of nitrogens with one attached hydrogen (secondary N) is 1. The molecule has 5 nitrogen and oxygen atoms in total. The van der Waals surface area contributed by atoms with Crippen molar-refractivity contribution in [1.82, 2.24) is 5.32 Å². The van der Waals surface area contributed by atoms with E-state index < -0.39 is 10.8 Å². The third-order valence-electron chi connectivity index (χ3n) is 11.6. The monoisotopic (exact) mass is 554 g/mol. The molecule has 1 fully saturated rings. The molecule has 2 aliphatic rings. The topological polar surface area (TPSA) is 87.0 Å². The lowest BCUT2D eigenvalue weighted by Crippen LogP contribution is -2.60. The van der Waals surface area contributed by atoms with Crippen LogP contribution >= 0.6 is 0 Å². The molecule has 40 heavy (non-hydrogen) atoms. The molecule has 0 unspecified atom stereocenters. The van der Waals surface area contributed by atoms with Gasteiger partial charge in [0.05, 0.1) is 5.57 Å². The summed E-state index contributed by atoms with van der Waals surface area (Å²) in [5.74, 6) is 0.155. The van der Waals surface area contributed by atoms with Crippen LogP contribution in [0, 0.1) is 50.2 Å². The Morgan fingerprint density at radius 2 is 1.57 bits per heavy atom. The summed E-state index contributed by atoms with van der Waals surface area (Å²) in [6.07, 6.45) is 10.2. The molecule has 0 heterocycles. The Morgan fingerprint density at radius 1 is 1.00 bits per heavy atom. The van der Waals surface area contributed by atoms with Crippen molar-refractivity contribution in [3.8, 4) is 6.07 Å². The molecule has 0 saturated heterocycles. The number of nitriles is 1. The van der Waals surface area contributed by atoms with Crippen LogP contribution in [0.3, 0.4) is 0 Å². The average molecular weight is 555 g/mol. The van der Waals surface area contributed by atoms with Gasteiger partial charge in [0.2, 0.25) is 5.91 Å². The minimum absolute atomic E-state index is 0.00233. The number of carbonyl (C=O) groups excluding carboxylic acids is 3. The van der Waals surface area contributed by atoms with E-state index in [1.807, 2.05) is 19.9 Å². The molecule has 0 aliphatic heterocycles. The van der Waals surface area contributed by atoms with E-state index >= 15 is 0 Å². The van der Waals surface area contributed by atoms with Crippen LogP contribution in [0.5, 0.6) is 0 Å². The van der Waals surface area contributed by atoms with Crippen molar-refractivity contribution in [2.75, 3.05) is 0 Å². The van der Waals surface area contributed by atoms with E-state index in [2.05, 4.69) is 66.8 Å². The standard InChI is InChI=1S/C35H58N2O3/c1-13-15-30(4,5)17-19-33(10,37-25(3)39)20-18-31(6,7)35(12)16-14-27-32(8,9)29(40)26(23-36)22-34(27,11)28(35)21-24(2)38/h22,27-28H,13-21H2,1-12H3,(H,37,39)/t27-,28+,33-,34-,35+/m0/s1. The Morgan fingerprint density at radius 3 is 2.08 bits per heavy atom. The number of ketones is 2. The second kappa shape index (κ2) is 11.7. The fourth-order valence-corrected chi connectivity index (χ4v) is 8.67. The van der Waals surface area contributed by atoms with E-state index in [0.29, 0.717) is 6.42 Å². The molecule has 0 aromatic carbocycles. The van der Waals surface area contributed by atoms with Gasteiger partial charge in [0, 0.05) is 24.3 Å². The van der Waals surface area contributed by atoms with Crippen LogP contribution < -0.4 is 5.32 Å². The number of allylic oxidation sites excluding steroid dienone is 2. The lowest BCUT2D eigenvalue weighted by molar-refractivity contribution is -0.155. The summed E-state index contributed by atoms with van der Waals surface area (Å²) in [6, 6.07) is 2.19. The minimum atomic E-state index is -0.648. The van der Waals surface area contributed by atoms with E-state index in [4.69, 9.17) is 0 Å². The Kier molecular flexibility index (Phi) is 10.0. The van der Waals surface area contributed by atoms with Gasteiger partial charge in [-0.1, -0.05) is 74.8 Å². The SMILES string of the molecule is CCCC(C)(C)CC[C@@](C)(CCC(C)(C)[C@]1(C)CC[C@H]2C(C)(C)C(=O)C(C#N)=C[C@]2(C)[C@H]1CC(C)=O)NC(C)=O. The van der Waals surface area contributed by atoms with E-state index in [9.17, 15) is 19.6 Å². The van der Waals surface area contributed by atoms with Crippen LogP contribution in [0.25, 0.3) is 0 Å². The third-order valence-corrected chi connectivity index (χ3v) is 11.6. The Hall–Kier alpha value is -1.96. The van der Waals surface area contributed by atoms with Crippen LogP contribution in [0.4, 0.5) is 0 Å². The Bertz CT molecular complexity index is 1060. The van der Waals surface area contributed by atoms with Crippen LogP contribution in [0.1, 0.15) is 141 Å². The van der Waals surface area contributed by atoms with Gasteiger partial charge in [-0.3, -0.25) is 9.59 Å². The van der Waals surface area contributed by atoms with Crippen molar-refractivity contribution in [2.45, 2.75) is 146 Å². The highest BCUT2D eigenvalue weighted by molar-refractivity contribution is 6.04. The quantitative estimate of drug-likeness (QED) is 0.262. The predicted octanol–water partition coefficient (Wildman–Crippen LogP) is 8.37. The number of carbonyl (C=O) groups is 3. The zero-order valence-electron chi connectivity index (χ0n) is 27.8. The molecule has 0 bridgehead atoms. The number of rotatable bonds is 12. The van der Waals surface area contributed by atoms with Gasteiger partial charge in [-0.15, -0.1) is 0 Å². The summed E-state index contributed by atoms with van der Waals surface area (Å²) < 4.78 is 0. The van der Waals surface area contributed by atoms with Crippen molar-refractivity contribution in [1.29, 1.82) is 5.26 Å². The number of nitrogens with zero attached hydrogens (tertiary/aromatic N) is 1. The van der Waals surface area contributed by atoms with Gasteiger partial charge >= 0.3 is 0 Å². The first-order valence-electron chi connectivity index (χ1n) is 15.6. The van der Waals surface area contributed by atoms with Crippen LogP contribution in [-0.4, -0.2) is 23.0 Å². The van der Waals surface area contributed by atoms with Crippen LogP contribution in [0.15, 0.2) is 11.6 Å². The van der Waals surface area contributed by atoms with Crippen LogP contribution in [0.2, 0.25) is 0 Å². The summed E-state index contributed by atoms with van der Waals surface area (Å²) in [5.41, 5.74) is -1.27. The Labute approximate surface area is 245 Å². The summed E-state index contributed by atoms with van der Waals surface area (Å²) >= 11 is 0. The normalized spacial score (nSPS) is 30.0. The van der Waals surface area contributed by atoms with Crippen molar-refractivity contribution in [3.63, 3.8) is 0 Å². The molecule has 1 amide bonds. The maximum atomic E-state index is 13.2. The van der Waals surface area contributed by atoms with Crippen molar-refractivity contribution in [3.05, 3.63) is 11.6 Å². The van der Waals surface area contributed by atoms with E-state index in [-0.39, 0.29) is 56.7 Å². The predicted molar refractivity (Wildman–Crippen MR) is 163 cm³/mol. The van der Waals surface area contributed by atoms with Gasteiger partial charge in [-0.05, 0) is 92.3 Å². The maximum Gasteiger partial charge on any atom is 0.217 e. The second-order valence-electron chi connectivity index (χ2n) is 16.1. The highest BCUT2D eigenvalue weighted by atomic mass is 16.1. The highest BCUT2D eigenvalue weighted by Gasteiger charge is 2.63. The molecule has 0 aromatic heterocycles. The second-order valence-corrected chi connectivity index (χ2v) is 16.1. The van der Waals surface area contributed by atoms with Crippen LogP contribution in [-0.2, 0) is 14.4 Å². The van der Waals surface area contributed by atoms with Gasteiger partial charge in [0.1, 0.15) is 11.9 Å². The molecule has 226 valence electrons. The molecule has 5 atom stereocenters. The molecule has 2 rings (SSSR count). The maximum absolute atomic E-state index is 13.2. The van der Waals surface area contributed by atoms with Crippen molar-refractivity contribution in [2.24, 2.45) is 38.9 Å². The van der Waals surface area contributed by atoms with E-state index in [1.54, 1.807) is 13.8 Å². The molecule has 0 spiro atoms. The van der Waals surface area contributed by atoms with E-state index in [0.717, 1.165) is 51.4 Å². The molecule has 0 aromatic rings. The van der Waals surface area contributed by atoms with Gasteiger partial charge in [-0.2, -0.15) is 5.26 Å². The van der Waals surface area contributed by atoms with E-state index in [1.165, 1.54) is 0 Å². The number of amides is 1. The third kappa shape index (κ3) is 6.74. The minimum Gasteiger partial charge on any atom is -0.351 e. The average Bonchev–Trinajstić information content (AvgIpc) is 2.81. The Balaban J connectivity index is 2.49. The fourth-order valence-electron chi connectivity index (χ4n) is 8.67. The lowest BCUT2D eigenvalue weighted by atomic mass is 9.39. The van der Waals surface area contributed by atoms with Gasteiger partial charge in [-0.25, -0.2) is 0 Å². The van der Waals surface area contributed by atoms with Gasteiger partial charge in [0.25, 0.3) is 0 Å². The summed E-state index contributed by atoms with van der Waals surface area (Å²) in [4.78, 5) is 38.3. The molecular formula is C35H58N2O3. The number of hydrogen-bond acceptors (Lipinski definition) is 4. The molecule has 5 heteroatoms. The first-order chi connectivity index (χ1) is 18.1. The number of Topliss-reactive ketones (excluding diaryl/α,β-unsaturated/α-hetero) is 2. The first-order valence-corrected chi connectivity index (χ1v) is 15.6. The lowest BCUT2D eigenvalue weighted by Gasteiger charge is -2.64. The number of hydrogen-bond donors (Lipinski definition) is 1. The highest BCUT2D eigenvalue weighted by Crippen LogP contribution is 2.68. The zero-order valence-corrected chi connectivity index (χ0v) is 27.8. The first kappa shape index (κ1) is 34.2. The van der Waals surface area contributed by atoms with Gasteiger partial charge in [0.15, 0.2) is 5.78 Å². The summed E-state index contributed by atoms with van der Waals surface area (Å²) in [7, 11) is 0. The fraction of sp³-hybridized carbons (Fsp3) is 0.829. The molecular weight excluding hydrogens is 496 g/mol. The zero-order chi connectivity index (χ0) is 30.9. The number of fused-ring (bicyclic) bond motifs is 1. The van der Waals surface area contributed by atoms with Crippen molar-refractivity contribution >= 4 is 17.5 Å². The summed E-state index contributed by atoms with van der Waals surface area (Å²) in [6.45, 7) is 25.5. The summed E-state index contributed by atoms with van der Waals surface area (Å²) in [5, 5.41) is 13.2. The molecule has 0 radical (unpaired) electrons. The molecule has 1 N–H and O–H groups in total. The molecule has 1 saturated carbocycles. The van der Waals surface area contributed by atoms with Crippen molar-refractivity contribution < 1.29 is 14.4 Å². The van der Waals surface area contributed by atoms with Gasteiger partial charge < -0.3 is 10.1 Å². The molecule has 2 aliphatic carbocycles.